The van der Waals surface area contributed by atoms with Gasteiger partial charge in [0.05, 0.1) is 6.54 Å². The first-order chi connectivity index (χ1) is 6.90. The highest BCUT2D eigenvalue weighted by molar-refractivity contribution is 7.08. The first kappa shape index (κ1) is 9.49. The molecule has 3 heteroatoms. The maximum Gasteiger partial charge on any atom is 0.135 e. The smallest absolute Gasteiger partial charge is 0.135 e. The molecule has 1 N–H and O–H groups in total. The van der Waals surface area contributed by atoms with Crippen LogP contribution in [0.1, 0.15) is 12.7 Å². The Morgan fingerprint density at radius 1 is 1.36 bits per heavy atom. The molecular formula is C11H13NOS. The predicted octanol–water partition coefficient (Wildman–Crippen LogP) is 3.12. The molecule has 0 spiro atoms. The van der Waals surface area contributed by atoms with Crippen molar-refractivity contribution in [1.29, 1.82) is 0 Å². The van der Waals surface area contributed by atoms with Crippen molar-refractivity contribution in [2.75, 3.05) is 6.54 Å². The van der Waals surface area contributed by atoms with E-state index in [9.17, 15) is 0 Å². The third kappa shape index (κ3) is 2.05. The van der Waals surface area contributed by atoms with Crippen LogP contribution in [0.3, 0.4) is 0 Å². The summed E-state index contributed by atoms with van der Waals surface area (Å²) in [6, 6.07) is 6.12. The van der Waals surface area contributed by atoms with E-state index in [2.05, 4.69) is 29.1 Å². The molecule has 0 aliphatic carbocycles. The van der Waals surface area contributed by atoms with E-state index in [1.54, 1.807) is 11.3 Å². The van der Waals surface area contributed by atoms with E-state index in [-0.39, 0.29) is 0 Å². The summed E-state index contributed by atoms with van der Waals surface area (Å²) in [5.74, 6) is 1.95. The van der Waals surface area contributed by atoms with E-state index in [1.807, 2.05) is 12.1 Å². The molecule has 0 fully saturated rings. The molecule has 0 saturated heterocycles. The Balaban J connectivity index is 2.10. The third-order valence-electron chi connectivity index (χ3n) is 2.02. The van der Waals surface area contributed by atoms with Gasteiger partial charge in [-0.15, -0.1) is 0 Å². The summed E-state index contributed by atoms with van der Waals surface area (Å²) in [4.78, 5) is 0. The third-order valence-corrected chi connectivity index (χ3v) is 2.70. The Bertz CT molecular complexity index is 378. The zero-order valence-corrected chi connectivity index (χ0v) is 8.93. The van der Waals surface area contributed by atoms with E-state index < -0.39 is 0 Å². The summed E-state index contributed by atoms with van der Waals surface area (Å²) in [6.45, 7) is 3.86. The number of furan rings is 1. The van der Waals surface area contributed by atoms with Crippen LogP contribution in [0.5, 0.6) is 0 Å². The highest BCUT2D eigenvalue weighted by Crippen LogP contribution is 2.24. The van der Waals surface area contributed by atoms with Gasteiger partial charge in [0.15, 0.2) is 0 Å². The Morgan fingerprint density at radius 2 is 2.29 bits per heavy atom. The summed E-state index contributed by atoms with van der Waals surface area (Å²) in [5.41, 5.74) is 1.16. The van der Waals surface area contributed by atoms with Crippen molar-refractivity contribution in [1.82, 2.24) is 5.32 Å². The van der Waals surface area contributed by atoms with Gasteiger partial charge < -0.3 is 9.73 Å². The van der Waals surface area contributed by atoms with E-state index in [4.69, 9.17) is 4.42 Å². The van der Waals surface area contributed by atoms with Crippen molar-refractivity contribution >= 4 is 11.3 Å². The maximum atomic E-state index is 5.67. The second-order valence-electron chi connectivity index (χ2n) is 3.06. The first-order valence-corrected chi connectivity index (χ1v) is 5.66. The van der Waals surface area contributed by atoms with Crippen LogP contribution < -0.4 is 5.32 Å². The zero-order chi connectivity index (χ0) is 9.80. The fourth-order valence-electron chi connectivity index (χ4n) is 1.28. The fraction of sp³-hybridized carbons (Fsp3) is 0.273. The lowest BCUT2D eigenvalue weighted by molar-refractivity contribution is 0.498. The van der Waals surface area contributed by atoms with Gasteiger partial charge in [0.1, 0.15) is 11.5 Å². The van der Waals surface area contributed by atoms with Gasteiger partial charge >= 0.3 is 0 Å². The summed E-state index contributed by atoms with van der Waals surface area (Å²) in [5, 5.41) is 7.38. The molecule has 0 unspecified atom stereocenters. The normalized spacial score (nSPS) is 10.6. The lowest BCUT2D eigenvalue weighted by Crippen LogP contribution is -2.10. The minimum atomic E-state index is 0.806. The minimum Gasteiger partial charge on any atom is -0.460 e. The summed E-state index contributed by atoms with van der Waals surface area (Å²) >= 11 is 1.69. The molecule has 0 amide bonds. The van der Waals surface area contributed by atoms with Gasteiger partial charge in [-0.3, -0.25) is 0 Å². The molecule has 2 aromatic rings. The molecule has 2 heterocycles. The Labute approximate surface area is 87.6 Å². The molecule has 0 aliphatic heterocycles. The van der Waals surface area contributed by atoms with Crippen molar-refractivity contribution in [3.8, 4) is 11.3 Å². The van der Waals surface area contributed by atoms with E-state index in [0.717, 1.165) is 30.2 Å². The zero-order valence-electron chi connectivity index (χ0n) is 8.12. The molecular weight excluding hydrogens is 194 g/mol. The van der Waals surface area contributed by atoms with Crippen molar-refractivity contribution < 1.29 is 4.42 Å². The number of hydrogen-bond donors (Lipinski definition) is 1. The second kappa shape index (κ2) is 4.44. The average Bonchev–Trinajstić information content (AvgIpc) is 2.85. The molecule has 0 aliphatic rings. The highest BCUT2D eigenvalue weighted by atomic mass is 32.1. The number of thiophene rings is 1. The molecule has 2 nitrogen and oxygen atoms in total. The van der Waals surface area contributed by atoms with Crippen LogP contribution in [0.25, 0.3) is 11.3 Å². The molecule has 0 aromatic carbocycles. The van der Waals surface area contributed by atoms with Gasteiger partial charge in [0, 0.05) is 10.9 Å². The van der Waals surface area contributed by atoms with Crippen molar-refractivity contribution in [3.05, 3.63) is 34.7 Å². The standard InChI is InChI=1S/C11H13NOS/c1-2-12-7-10-3-4-11(13-10)9-5-6-14-8-9/h3-6,8,12H,2,7H2,1H3. The minimum absolute atomic E-state index is 0.806. The topological polar surface area (TPSA) is 25.2 Å². The van der Waals surface area contributed by atoms with E-state index in [0.29, 0.717) is 0 Å². The Morgan fingerprint density at radius 3 is 3.00 bits per heavy atom. The fourth-order valence-corrected chi connectivity index (χ4v) is 1.93. The molecule has 14 heavy (non-hydrogen) atoms. The number of rotatable bonds is 4. The lowest BCUT2D eigenvalue weighted by Gasteiger charge is -1.96. The van der Waals surface area contributed by atoms with E-state index in [1.165, 1.54) is 0 Å². The van der Waals surface area contributed by atoms with Gasteiger partial charge in [-0.2, -0.15) is 11.3 Å². The molecule has 2 aromatic heterocycles. The first-order valence-electron chi connectivity index (χ1n) is 4.72. The van der Waals surface area contributed by atoms with Gasteiger partial charge in [0.25, 0.3) is 0 Å². The highest BCUT2D eigenvalue weighted by Gasteiger charge is 2.03. The Hall–Kier alpha value is -1.06. The van der Waals surface area contributed by atoms with Crippen LogP contribution in [0.15, 0.2) is 33.4 Å². The molecule has 74 valence electrons. The number of nitrogens with one attached hydrogen (secondary N) is 1. The largest absolute Gasteiger partial charge is 0.460 e. The monoisotopic (exact) mass is 207 g/mol. The van der Waals surface area contributed by atoms with Crippen molar-refractivity contribution in [2.24, 2.45) is 0 Å². The quantitative estimate of drug-likeness (QED) is 0.833. The summed E-state index contributed by atoms with van der Waals surface area (Å²) in [6.07, 6.45) is 0. The van der Waals surface area contributed by atoms with Crippen molar-refractivity contribution in [2.45, 2.75) is 13.5 Å². The molecule has 0 saturated carbocycles. The number of hydrogen-bond acceptors (Lipinski definition) is 3. The average molecular weight is 207 g/mol. The molecule has 0 bridgehead atoms. The predicted molar refractivity (Wildman–Crippen MR) is 59.4 cm³/mol. The Kier molecular flexibility index (Phi) is 3.01. The van der Waals surface area contributed by atoms with Crippen molar-refractivity contribution in [3.63, 3.8) is 0 Å². The summed E-state index contributed by atoms with van der Waals surface area (Å²) in [7, 11) is 0. The van der Waals surface area contributed by atoms with Crippen LogP contribution in [0, 0.1) is 0 Å². The molecule has 0 radical (unpaired) electrons. The van der Waals surface area contributed by atoms with Crippen LogP contribution in [0.4, 0.5) is 0 Å². The maximum absolute atomic E-state index is 5.67. The van der Waals surface area contributed by atoms with Crippen LogP contribution >= 0.6 is 11.3 Å². The van der Waals surface area contributed by atoms with Crippen LogP contribution in [-0.2, 0) is 6.54 Å². The lowest BCUT2D eigenvalue weighted by atomic mass is 10.3. The van der Waals surface area contributed by atoms with Gasteiger partial charge in [-0.25, -0.2) is 0 Å². The second-order valence-corrected chi connectivity index (χ2v) is 3.84. The molecule has 0 atom stereocenters. The van der Waals surface area contributed by atoms with E-state index >= 15 is 0 Å². The van der Waals surface area contributed by atoms with Crippen LogP contribution in [0.2, 0.25) is 0 Å². The SMILES string of the molecule is CCNCc1ccc(-c2ccsc2)o1. The van der Waals surface area contributed by atoms with Gasteiger partial charge in [-0.1, -0.05) is 6.92 Å². The van der Waals surface area contributed by atoms with Gasteiger partial charge in [0.2, 0.25) is 0 Å². The van der Waals surface area contributed by atoms with Gasteiger partial charge in [-0.05, 0) is 30.1 Å². The van der Waals surface area contributed by atoms with Crippen LogP contribution in [-0.4, -0.2) is 6.54 Å². The summed E-state index contributed by atoms with van der Waals surface area (Å²) < 4.78 is 5.67. The molecule has 2 rings (SSSR count).